The summed E-state index contributed by atoms with van der Waals surface area (Å²) in [6.45, 7) is 3.00. The van der Waals surface area contributed by atoms with Crippen LogP contribution in [0, 0.1) is 0 Å². The minimum Gasteiger partial charge on any atom is -0.250 e. The van der Waals surface area contributed by atoms with Crippen LogP contribution in [0.15, 0.2) is 24.8 Å². The first-order valence-corrected chi connectivity index (χ1v) is 5.06. The monoisotopic (exact) mass is 252 g/mol. The molecule has 0 heterocycles. The first-order chi connectivity index (χ1) is 6.60. The second-order valence-electron chi connectivity index (χ2n) is 2.80. The average molecular weight is 254 g/mol. The summed E-state index contributed by atoms with van der Waals surface area (Å²) in [5.41, 5.74) is 0.682. The molecule has 0 spiro atoms. The molecule has 14 heavy (non-hydrogen) atoms. The van der Waals surface area contributed by atoms with E-state index >= 15 is 0 Å². The second-order valence-corrected chi connectivity index (χ2v) is 3.99. The maximum Gasteiger partial charge on any atom is 0.0997 e. The second kappa shape index (κ2) is 5.01. The number of benzene rings is 1. The maximum absolute atomic E-state index is 12.5. The molecule has 1 rings (SSSR count). The van der Waals surface area contributed by atoms with E-state index in [9.17, 15) is 4.39 Å². The highest BCUT2D eigenvalue weighted by molar-refractivity contribution is 6.48. The Hall–Kier alpha value is -0.240. The van der Waals surface area contributed by atoms with E-state index in [1.807, 2.05) is 0 Å². The van der Waals surface area contributed by atoms with Crippen molar-refractivity contribution >= 4 is 34.8 Å². The molecule has 0 aliphatic carbocycles. The molecular formula is C10H8Cl3F. The summed E-state index contributed by atoms with van der Waals surface area (Å²) in [6.07, 6.45) is 1.51. The SMILES string of the molecule is C=CC(CF)c1cc(Cl)c(Cl)c(Cl)c1. The molecule has 1 aromatic carbocycles. The van der Waals surface area contributed by atoms with Crippen molar-refractivity contribution in [2.24, 2.45) is 0 Å². The van der Waals surface area contributed by atoms with Gasteiger partial charge in [-0.3, -0.25) is 4.39 Å². The molecule has 76 valence electrons. The van der Waals surface area contributed by atoms with Gasteiger partial charge in [0, 0.05) is 5.92 Å². The van der Waals surface area contributed by atoms with E-state index in [2.05, 4.69) is 6.58 Å². The van der Waals surface area contributed by atoms with Gasteiger partial charge in [-0.05, 0) is 17.7 Å². The molecule has 0 N–H and O–H groups in total. The van der Waals surface area contributed by atoms with Gasteiger partial charge in [0.2, 0.25) is 0 Å². The Morgan fingerprint density at radius 2 is 1.79 bits per heavy atom. The molecule has 0 bridgehead atoms. The van der Waals surface area contributed by atoms with Gasteiger partial charge >= 0.3 is 0 Å². The maximum atomic E-state index is 12.5. The van der Waals surface area contributed by atoms with Gasteiger partial charge in [-0.1, -0.05) is 40.9 Å². The Kier molecular flexibility index (Phi) is 4.24. The van der Waals surface area contributed by atoms with Crippen LogP contribution in [-0.4, -0.2) is 6.67 Å². The number of hydrogen-bond acceptors (Lipinski definition) is 0. The zero-order valence-electron chi connectivity index (χ0n) is 7.24. The van der Waals surface area contributed by atoms with E-state index in [0.717, 1.165) is 0 Å². The largest absolute Gasteiger partial charge is 0.250 e. The Morgan fingerprint density at radius 1 is 1.29 bits per heavy atom. The zero-order valence-corrected chi connectivity index (χ0v) is 9.50. The topological polar surface area (TPSA) is 0 Å². The lowest BCUT2D eigenvalue weighted by Crippen LogP contribution is -1.97. The van der Waals surface area contributed by atoms with Crippen LogP contribution in [0.3, 0.4) is 0 Å². The number of hydrogen-bond donors (Lipinski definition) is 0. The summed E-state index contributed by atoms with van der Waals surface area (Å²) in [6, 6.07) is 3.20. The molecule has 1 unspecified atom stereocenters. The molecule has 0 saturated heterocycles. The van der Waals surface area contributed by atoms with Gasteiger partial charge in [-0.2, -0.15) is 0 Å². The summed E-state index contributed by atoms with van der Waals surface area (Å²) >= 11 is 17.4. The van der Waals surface area contributed by atoms with Crippen LogP contribution in [0.2, 0.25) is 15.1 Å². The van der Waals surface area contributed by atoms with Gasteiger partial charge in [-0.15, -0.1) is 6.58 Å². The van der Waals surface area contributed by atoms with Crippen molar-refractivity contribution in [1.82, 2.24) is 0 Å². The van der Waals surface area contributed by atoms with Crippen LogP contribution in [0.1, 0.15) is 11.5 Å². The number of alkyl halides is 1. The van der Waals surface area contributed by atoms with Crippen LogP contribution in [-0.2, 0) is 0 Å². The van der Waals surface area contributed by atoms with Crippen LogP contribution < -0.4 is 0 Å². The van der Waals surface area contributed by atoms with E-state index in [1.54, 1.807) is 12.1 Å². The summed E-state index contributed by atoms with van der Waals surface area (Å²) < 4.78 is 12.5. The first kappa shape index (κ1) is 11.8. The van der Waals surface area contributed by atoms with Crippen molar-refractivity contribution < 1.29 is 4.39 Å². The standard InChI is InChI=1S/C10H8Cl3F/c1-2-6(5-14)7-3-8(11)10(13)9(12)4-7/h2-4,6H,1,5H2. The molecule has 0 fully saturated rings. The zero-order chi connectivity index (χ0) is 10.7. The third kappa shape index (κ3) is 2.41. The highest BCUT2D eigenvalue weighted by Crippen LogP contribution is 2.33. The fraction of sp³-hybridized carbons (Fsp3) is 0.200. The van der Waals surface area contributed by atoms with Crippen molar-refractivity contribution in [3.63, 3.8) is 0 Å². The lowest BCUT2D eigenvalue weighted by atomic mass is 10.0. The first-order valence-electron chi connectivity index (χ1n) is 3.93. The van der Waals surface area contributed by atoms with Crippen LogP contribution in [0.5, 0.6) is 0 Å². The smallest absolute Gasteiger partial charge is 0.0997 e. The molecule has 0 radical (unpaired) electrons. The molecular weight excluding hydrogens is 245 g/mol. The summed E-state index contributed by atoms with van der Waals surface area (Å²) in [5, 5.41) is 0.947. The molecule has 0 nitrogen and oxygen atoms in total. The van der Waals surface area contributed by atoms with Crippen molar-refractivity contribution in [1.29, 1.82) is 0 Å². The summed E-state index contributed by atoms with van der Waals surface area (Å²) in [7, 11) is 0. The van der Waals surface area contributed by atoms with Crippen LogP contribution >= 0.6 is 34.8 Å². The average Bonchev–Trinajstić information content (AvgIpc) is 2.16. The summed E-state index contributed by atoms with van der Waals surface area (Å²) in [5.74, 6) is -0.387. The van der Waals surface area contributed by atoms with Gasteiger partial charge in [-0.25, -0.2) is 0 Å². The molecule has 4 heteroatoms. The quantitative estimate of drug-likeness (QED) is 0.532. The predicted molar refractivity (Wildman–Crippen MR) is 60.4 cm³/mol. The number of allylic oxidation sites excluding steroid dienone is 1. The molecule has 1 aromatic rings. The van der Waals surface area contributed by atoms with Gasteiger partial charge in [0.15, 0.2) is 0 Å². The van der Waals surface area contributed by atoms with Crippen molar-refractivity contribution in [3.05, 3.63) is 45.4 Å². The Morgan fingerprint density at radius 3 is 2.14 bits per heavy atom. The van der Waals surface area contributed by atoms with Gasteiger partial charge < -0.3 is 0 Å². The number of halogens is 4. The minimum absolute atomic E-state index is 0.291. The molecule has 0 saturated carbocycles. The molecule has 0 amide bonds. The Labute approximate surface area is 97.3 Å². The molecule has 1 atom stereocenters. The van der Waals surface area contributed by atoms with E-state index in [1.165, 1.54) is 6.08 Å². The molecule has 0 aromatic heterocycles. The summed E-state index contributed by atoms with van der Waals surface area (Å²) in [4.78, 5) is 0. The fourth-order valence-corrected chi connectivity index (χ4v) is 1.69. The van der Waals surface area contributed by atoms with Crippen molar-refractivity contribution in [2.75, 3.05) is 6.67 Å². The fourth-order valence-electron chi connectivity index (χ4n) is 1.08. The molecule has 0 aliphatic heterocycles. The van der Waals surface area contributed by atoms with E-state index in [4.69, 9.17) is 34.8 Å². The Balaban J connectivity index is 3.17. The minimum atomic E-state index is -0.530. The van der Waals surface area contributed by atoms with E-state index in [-0.39, 0.29) is 5.92 Å². The van der Waals surface area contributed by atoms with E-state index in [0.29, 0.717) is 20.6 Å². The Bertz CT molecular complexity index is 326. The van der Waals surface area contributed by atoms with Crippen molar-refractivity contribution in [3.8, 4) is 0 Å². The third-order valence-corrected chi connectivity index (χ3v) is 3.08. The third-order valence-electron chi connectivity index (χ3n) is 1.89. The van der Waals surface area contributed by atoms with Crippen molar-refractivity contribution in [2.45, 2.75) is 5.92 Å². The highest BCUT2D eigenvalue weighted by Gasteiger charge is 2.11. The van der Waals surface area contributed by atoms with Crippen LogP contribution in [0.25, 0.3) is 0 Å². The predicted octanol–water partition coefficient (Wildman–Crippen LogP) is 4.89. The van der Waals surface area contributed by atoms with E-state index < -0.39 is 6.67 Å². The number of rotatable bonds is 3. The highest BCUT2D eigenvalue weighted by atomic mass is 35.5. The lowest BCUT2D eigenvalue weighted by molar-refractivity contribution is 0.467. The normalized spacial score (nSPS) is 12.6. The van der Waals surface area contributed by atoms with Crippen LogP contribution in [0.4, 0.5) is 4.39 Å². The van der Waals surface area contributed by atoms with Gasteiger partial charge in [0.25, 0.3) is 0 Å². The lowest BCUT2D eigenvalue weighted by Gasteiger charge is -2.10. The van der Waals surface area contributed by atoms with Gasteiger partial charge in [0.1, 0.15) is 0 Å². The molecule has 0 aliphatic rings. The van der Waals surface area contributed by atoms with Gasteiger partial charge in [0.05, 0.1) is 21.7 Å².